The molecule has 0 saturated carbocycles. The number of hydrogen-bond acceptors (Lipinski definition) is 4. The van der Waals surface area contributed by atoms with Gasteiger partial charge in [-0.2, -0.15) is 0 Å². The molecular weight excluding hydrogens is 386 g/mol. The predicted octanol–water partition coefficient (Wildman–Crippen LogP) is 1.66. The lowest BCUT2D eigenvalue weighted by atomic mass is 9.72. The van der Waals surface area contributed by atoms with Crippen molar-refractivity contribution < 1.29 is 13.2 Å². The third-order valence-corrected chi connectivity index (χ3v) is 7.61. The molecule has 3 rings (SSSR count). The van der Waals surface area contributed by atoms with Gasteiger partial charge in [-0.25, -0.2) is 12.7 Å². The van der Waals surface area contributed by atoms with Gasteiger partial charge in [0.15, 0.2) is 0 Å². The first kappa shape index (κ1) is 22.1. The zero-order valence-corrected chi connectivity index (χ0v) is 17.4. The Hall–Kier alpha value is -1.15. The highest BCUT2D eigenvalue weighted by Crippen LogP contribution is 2.37. The molecule has 2 aliphatic rings. The lowest BCUT2D eigenvalue weighted by Gasteiger charge is -2.41. The van der Waals surface area contributed by atoms with E-state index in [-0.39, 0.29) is 30.1 Å². The molecule has 2 N–H and O–H groups in total. The molecule has 2 saturated heterocycles. The van der Waals surface area contributed by atoms with Crippen LogP contribution in [-0.4, -0.2) is 56.6 Å². The maximum absolute atomic E-state index is 13.3. The van der Waals surface area contributed by atoms with Crippen molar-refractivity contribution in [3.05, 3.63) is 35.9 Å². The van der Waals surface area contributed by atoms with E-state index in [0.29, 0.717) is 25.9 Å². The minimum absolute atomic E-state index is 0. The SMILES string of the molecule is CCS(=O)(=O)N1CCC(C(=O)NC2CCCNC2)(c2ccccc2)CC1.Cl. The minimum Gasteiger partial charge on any atom is -0.351 e. The average Bonchev–Trinajstić information content (AvgIpc) is 2.69. The number of hydrogen-bond donors (Lipinski definition) is 2. The van der Waals surface area contributed by atoms with Gasteiger partial charge in [0.1, 0.15) is 0 Å². The van der Waals surface area contributed by atoms with Crippen LogP contribution in [0.15, 0.2) is 30.3 Å². The highest BCUT2D eigenvalue weighted by Gasteiger charge is 2.45. The van der Waals surface area contributed by atoms with Crippen LogP contribution in [0.25, 0.3) is 0 Å². The number of carbonyl (C=O) groups excluding carboxylic acids is 1. The number of nitrogens with zero attached hydrogens (tertiary/aromatic N) is 1. The monoisotopic (exact) mass is 415 g/mol. The number of benzene rings is 1. The van der Waals surface area contributed by atoms with Crippen molar-refractivity contribution in [3.8, 4) is 0 Å². The second-order valence-electron chi connectivity index (χ2n) is 7.26. The summed E-state index contributed by atoms with van der Waals surface area (Å²) < 4.78 is 25.9. The summed E-state index contributed by atoms with van der Waals surface area (Å²) in [7, 11) is -3.21. The molecule has 1 aromatic carbocycles. The van der Waals surface area contributed by atoms with E-state index in [2.05, 4.69) is 10.6 Å². The van der Waals surface area contributed by atoms with Crippen molar-refractivity contribution in [2.75, 3.05) is 31.9 Å². The zero-order valence-electron chi connectivity index (χ0n) is 15.8. The van der Waals surface area contributed by atoms with Crippen LogP contribution in [0.2, 0.25) is 0 Å². The van der Waals surface area contributed by atoms with Crippen LogP contribution in [0, 0.1) is 0 Å². The van der Waals surface area contributed by atoms with Crippen LogP contribution in [0.3, 0.4) is 0 Å². The fraction of sp³-hybridized carbons (Fsp3) is 0.632. The lowest BCUT2D eigenvalue weighted by molar-refractivity contribution is -0.129. The second-order valence-corrected chi connectivity index (χ2v) is 9.52. The Bertz CT molecular complexity index is 713. The molecule has 27 heavy (non-hydrogen) atoms. The van der Waals surface area contributed by atoms with E-state index in [9.17, 15) is 13.2 Å². The number of nitrogens with one attached hydrogen (secondary N) is 2. The van der Waals surface area contributed by atoms with Gasteiger partial charge in [0.25, 0.3) is 0 Å². The van der Waals surface area contributed by atoms with Crippen LogP contribution in [0.4, 0.5) is 0 Å². The van der Waals surface area contributed by atoms with E-state index in [1.54, 1.807) is 6.92 Å². The van der Waals surface area contributed by atoms with Crippen LogP contribution in [0.5, 0.6) is 0 Å². The highest BCUT2D eigenvalue weighted by atomic mass is 35.5. The van der Waals surface area contributed by atoms with Crippen molar-refractivity contribution >= 4 is 28.3 Å². The summed E-state index contributed by atoms with van der Waals surface area (Å²) in [4.78, 5) is 13.3. The highest BCUT2D eigenvalue weighted by molar-refractivity contribution is 7.89. The maximum atomic E-state index is 13.3. The quantitative estimate of drug-likeness (QED) is 0.766. The fourth-order valence-electron chi connectivity index (χ4n) is 4.03. The molecule has 0 radical (unpaired) electrons. The molecule has 1 unspecified atom stereocenters. The minimum atomic E-state index is -3.21. The Labute approximate surface area is 168 Å². The molecule has 1 atom stereocenters. The first-order valence-electron chi connectivity index (χ1n) is 9.53. The first-order valence-corrected chi connectivity index (χ1v) is 11.1. The molecule has 1 aromatic rings. The van der Waals surface area contributed by atoms with Gasteiger partial charge in [-0.3, -0.25) is 4.79 Å². The molecular formula is C19H30ClN3O3S. The molecule has 2 aliphatic heterocycles. The van der Waals surface area contributed by atoms with Crippen LogP contribution in [-0.2, 0) is 20.2 Å². The van der Waals surface area contributed by atoms with Crippen molar-refractivity contribution in [1.82, 2.24) is 14.9 Å². The smallest absolute Gasteiger partial charge is 0.231 e. The molecule has 6 nitrogen and oxygen atoms in total. The van der Waals surface area contributed by atoms with Gasteiger partial charge in [0.05, 0.1) is 11.2 Å². The second kappa shape index (κ2) is 9.37. The normalized spacial score (nSPS) is 23.2. The van der Waals surface area contributed by atoms with Gasteiger partial charge in [-0.05, 0) is 44.7 Å². The molecule has 0 bridgehead atoms. The standard InChI is InChI=1S/C19H29N3O3S.ClH/c1-2-26(24,25)22-13-10-19(11-14-22,16-7-4-3-5-8-16)18(23)21-17-9-6-12-20-15-17;/h3-5,7-8,17,20H,2,6,9-15H2,1H3,(H,21,23);1H. The largest absolute Gasteiger partial charge is 0.351 e. The molecule has 2 heterocycles. The Morgan fingerprint density at radius 1 is 1.26 bits per heavy atom. The van der Waals surface area contributed by atoms with E-state index in [0.717, 1.165) is 31.5 Å². The van der Waals surface area contributed by atoms with Crippen LogP contribution < -0.4 is 10.6 Å². The summed E-state index contributed by atoms with van der Waals surface area (Å²) in [5.74, 6) is 0.136. The number of halogens is 1. The molecule has 152 valence electrons. The summed E-state index contributed by atoms with van der Waals surface area (Å²) in [5, 5.41) is 6.55. The molecule has 0 spiro atoms. The van der Waals surface area contributed by atoms with Crippen LogP contribution in [0.1, 0.15) is 38.2 Å². The fourth-order valence-corrected chi connectivity index (χ4v) is 5.14. The Morgan fingerprint density at radius 2 is 1.93 bits per heavy atom. The summed E-state index contributed by atoms with van der Waals surface area (Å²) in [6.07, 6.45) is 3.08. The van der Waals surface area contributed by atoms with Gasteiger partial charge >= 0.3 is 0 Å². The van der Waals surface area contributed by atoms with E-state index >= 15 is 0 Å². The topological polar surface area (TPSA) is 78.5 Å². The molecule has 1 amide bonds. The Balaban J connectivity index is 0.00000261. The summed E-state index contributed by atoms with van der Waals surface area (Å²) >= 11 is 0. The summed E-state index contributed by atoms with van der Waals surface area (Å²) in [6, 6.07) is 9.96. The Morgan fingerprint density at radius 3 is 2.48 bits per heavy atom. The van der Waals surface area contributed by atoms with Crippen molar-refractivity contribution in [3.63, 3.8) is 0 Å². The van der Waals surface area contributed by atoms with E-state index < -0.39 is 15.4 Å². The van der Waals surface area contributed by atoms with Crippen molar-refractivity contribution in [2.45, 2.75) is 44.1 Å². The first-order chi connectivity index (χ1) is 12.5. The van der Waals surface area contributed by atoms with E-state index in [1.165, 1.54) is 4.31 Å². The molecule has 0 aromatic heterocycles. The van der Waals surface area contributed by atoms with Gasteiger partial charge in [-0.15, -0.1) is 12.4 Å². The number of carbonyl (C=O) groups is 1. The zero-order chi connectivity index (χ0) is 18.6. The third-order valence-electron chi connectivity index (χ3n) is 5.73. The molecule has 8 heteroatoms. The third kappa shape index (κ3) is 4.83. The summed E-state index contributed by atoms with van der Waals surface area (Å²) in [5.41, 5.74) is 0.327. The molecule has 0 aliphatic carbocycles. The number of amides is 1. The van der Waals surface area contributed by atoms with Gasteiger partial charge < -0.3 is 10.6 Å². The van der Waals surface area contributed by atoms with E-state index in [1.807, 2.05) is 30.3 Å². The van der Waals surface area contributed by atoms with Crippen molar-refractivity contribution in [2.24, 2.45) is 0 Å². The predicted molar refractivity (Wildman–Crippen MR) is 110 cm³/mol. The lowest BCUT2D eigenvalue weighted by Crippen LogP contribution is -2.56. The molecule has 2 fully saturated rings. The van der Waals surface area contributed by atoms with Crippen LogP contribution >= 0.6 is 12.4 Å². The Kier molecular flexibility index (Phi) is 7.68. The summed E-state index contributed by atoms with van der Waals surface area (Å²) in [6.45, 7) is 4.24. The van der Waals surface area contributed by atoms with Gasteiger partial charge in [0, 0.05) is 25.7 Å². The average molecular weight is 416 g/mol. The van der Waals surface area contributed by atoms with Gasteiger partial charge in [0.2, 0.25) is 15.9 Å². The van der Waals surface area contributed by atoms with E-state index in [4.69, 9.17) is 0 Å². The number of rotatable bonds is 5. The van der Waals surface area contributed by atoms with Gasteiger partial charge in [-0.1, -0.05) is 30.3 Å². The number of sulfonamides is 1. The number of piperidine rings is 2. The maximum Gasteiger partial charge on any atom is 0.231 e. The van der Waals surface area contributed by atoms with Crippen molar-refractivity contribution in [1.29, 1.82) is 0 Å².